The van der Waals surface area contributed by atoms with E-state index in [1.165, 1.54) is 0 Å². The van der Waals surface area contributed by atoms with E-state index in [-0.39, 0.29) is 11.4 Å². The van der Waals surface area contributed by atoms with Crippen LogP contribution in [-0.4, -0.2) is 58.7 Å². The number of nitrogens with zero attached hydrogens (tertiary/aromatic N) is 4. The molecule has 0 unspecified atom stereocenters. The van der Waals surface area contributed by atoms with Crippen LogP contribution in [0.25, 0.3) is 0 Å². The Hall–Kier alpha value is -1.36. The van der Waals surface area contributed by atoms with Crippen molar-refractivity contribution < 1.29 is 4.79 Å². The minimum absolute atomic E-state index is 0.0913. The maximum atomic E-state index is 12.7. The van der Waals surface area contributed by atoms with Crippen LogP contribution in [0.15, 0.2) is 6.20 Å². The number of amides is 1. The number of hydrogen-bond donors (Lipinski definition) is 0. The molecule has 0 bridgehead atoms. The van der Waals surface area contributed by atoms with Crippen LogP contribution in [0.2, 0.25) is 0 Å². The predicted octanol–water partition coefficient (Wildman–Crippen LogP) is 1.59. The molecule has 0 spiro atoms. The molecular weight excluding hydrogens is 252 g/mol. The molecule has 1 amide bonds. The number of likely N-dealkylation sites (N-methyl/N-ethyl adjacent to an activating group) is 1. The highest BCUT2D eigenvalue weighted by molar-refractivity contribution is 5.95. The summed E-state index contributed by atoms with van der Waals surface area (Å²) in [7, 11) is 2.09. The summed E-state index contributed by atoms with van der Waals surface area (Å²) in [5.74, 6) is 0.130. The average molecular weight is 278 g/mol. The number of carbonyl (C=O) groups excluding carboxylic acids is 1. The zero-order valence-corrected chi connectivity index (χ0v) is 13.3. The SMILES string of the molecule is CCc1c(C(=O)N2CCN(C)CC2)cnn1C(C)(C)C. The fourth-order valence-corrected chi connectivity index (χ4v) is 2.65. The standard InChI is InChI=1S/C15H26N4O/c1-6-13-12(11-16-19(13)15(2,3)4)14(20)18-9-7-17(5)8-10-18/h11H,6-10H2,1-5H3. The largest absolute Gasteiger partial charge is 0.336 e. The molecule has 1 aromatic heterocycles. The third kappa shape index (κ3) is 2.87. The van der Waals surface area contributed by atoms with Crippen molar-refractivity contribution in [3.05, 3.63) is 17.5 Å². The molecule has 112 valence electrons. The maximum absolute atomic E-state index is 12.7. The lowest BCUT2D eigenvalue weighted by Gasteiger charge is -2.32. The molecule has 5 heteroatoms. The number of piperazine rings is 1. The van der Waals surface area contributed by atoms with Crippen molar-refractivity contribution >= 4 is 5.91 Å². The van der Waals surface area contributed by atoms with Gasteiger partial charge in [0.1, 0.15) is 0 Å². The Kier molecular flexibility index (Phi) is 4.18. The highest BCUT2D eigenvalue weighted by Crippen LogP contribution is 2.21. The normalized spacial score (nSPS) is 17.6. The summed E-state index contributed by atoms with van der Waals surface area (Å²) < 4.78 is 1.98. The molecule has 1 aliphatic heterocycles. The predicted molar refractivity (Wildman–Crippen MR) is 80.0 cm³/mol. The smallest absolute Gasteiger partial charge is 0.257 e. The summed E-state index contributed by atoms with van der Waals surface area (Å²) in [4.78, 5) is 16.9. The quantitative estimate of drug-likeness (QED) is 0.825. The van der Waals surface area contributed by atoms with E-state index in [4.69, 9.17) is 0 Å². The summed E-state index contributed by atoms with van der Waals surface area (Å²) in [5, 5.41) is 4.45. The van der Waals surface area contributed by atoms with Gasteiger partial charge in [-0.15, -0.1) is 0 Å². The van der Waals surface area contributed by atoms with Gasteiger partial charge in [-0.25, -0.2) is 0 Å². The second-order valence-corrected chi connectivity index (χ2v) is 6.54. The van der Waals surface area contributed by atoms with Crippen molar-refractivity contribution in [3.63, 3.8) is 0 Å². The zero-order chi connectivity index (χ0) is 14.9. The molecule has 1 aliphatic rings. The molecule has 1 aromatic rings. The van der Waals surface area contributed by atoms with Gasteiger partial charge in [0.2, 0.25) is 0 Å². The molecule has 0 atom stereocenters. The van der Waals surface area contributed by atoms with Crippen molar-refractivity contribution in [2.45, 2.75) is 39.7 Å². The first-order valence-corrected chi connectivity index (χ1v) is 7.39. The van der Waals surface area contributed by atoms with Gasteiger partial charge < -0.3 is 9.80 Å². The van der Waals surface area contributed by atoms with Gasteiger partial charge in [0.15, 0.2) is 0 Å². The van der Waals surface area contributed by atoms with Gasteiger partial charge in [-0.1, -0.05) is 6.92 Å². The van der Waals surface area contributed by atoms with Gasteiger partial charge in [-0.2, -0.15) is 5.10 Å². The van der Waals surface area contributed by atoms with E-state index in [2.05, 4.69) is 44.7 Å². The molecule has 0 radical (unpaired) electrons. The molecule has 0 aliphatic carbocycles. The monoisotopic (exact) mass is 278 g/mol. The van der Waals surface area contributed by atoms with E-state index in [9.17, 15) is 4.79 Å². The molecular formula is C15H26N4O. The third-order valence-corrected chi connectivity index (χ3v) is 3.86. The van der Waals surface area contributed by atoms with Crippen LogP contribution in [0.1, 0.15) is 43.7 Å². The van der Waals surface area contributed by atoms with Crippen molar-refractivity contribution in [2.24, 2.45) is 0 Å². The van der Waals surface area contributed by atoms with Crippen LogP contribution < -0.4 is 0 Å². The Labute approximate surface area is 121 Å². The number of rotatable bonds is 2. The molecule has 2 rings (SSSR count). The summed E-state index contributed by atoms with van der Waals surface area (Å²) in [6, 6.07) is 0. The maximum Gasteiger partial charge on any atom is 0.257 e. The van der Waals surface area contributed by atoms with E-state index in [0.29, 0.717) is 0 Å². The lowest BCUT2D eigenvalue weighted by molar-refractivity contribution is 0.0662. The van der Waals surface area contributed by atoms with E-state index >= 15 is 0 Å². The Bertz CT molecular complexity index is 479. The Morgan fingerprint density at radius 2 is 1.85 bits per heavy atom. The van der Waals surface area contributed by atoms with Gasteiger partial charge >= 0.3 is 0 Å². The number of carbonyl (C=O) groups is 1. The van der Waals surface area contributed by atoms with Gasteiger partial charge in [-0.05, 0) is 34.2 Å². The fraction of sp³-hybridized carbons (Fsp3) is 0.733. The Balaban J connectivity index is 2.24. The lowest BCUT2D eigenvalue weighted by Crippen LogP contribution is -2.47. The van der Waals surface area contributed by atoms with Crippen LogP contribution in [-0.2, 0) is 12.0 Å². The first-order chi connectivity index (χ1) is 9.34. The number of hydrogen-bond acceptors (Lipinski definition) is 3. The van der Waals surface area contributed by atoms with E-state index in [1.807, 2.05) is 9.58 Å². The lowest BCUT2D eigenvalue weighted by atomic mass is 10.1. The highest BCUT2D eigenvalue weighted by Gasteiger charge is 2.27. The molecule has 20 heavy (non-hydrogen) atoms. The summed E-state index contributed by atoms with van der Waals surface area (Å²) in [5.41, 5.74) is 1.72. The summed E-state index contributed by atoms with van der Waals surface area (Å²) >= 11 is 0. The molecule has 0 aromatic carbocycles. The molecule has 5 nitrogen and oxygen atoms in total. The Morgan fingerprint density at radius 1 is 1.25 bits per heavy atom. The second-order valence-electron chi connectivity index (χ2n) is 6.54. The highest BCUT2D eigenvalue weighted by atomic mass is 16.2. The molecule has 1 saturated heterocycles. The molecule has 1 fully saturated rings. The van der Waals surface area contributed by atoms with Crippen molar-refractivity contribution in [2.75, 3.05) is 33.2 Å². The first-order valence-electron chi connectivity index (χ1n) is 7.39. The molecule has 2 heterocycles. The molecule has 0 N–H and O–H groups in total. The van der Waals surface area contributed by atoms with Crippen LogP contribution in [0.3, 0.4) is 0 Å². The summed E-state index contributed by atoms with van der Waals surface area (Å²) in [6.07, 6.45) is 2.57. The minimum atomic E-state index is -0.0913. The van der Waals surface area contributed by atoms with Gasteiger partial charge in [0, 0.05) is 26.2 Å². The topological polar surface area (TPSA) is 41.4 Å². The van der Waals surface area contributed by atoms with Crippen LogP contribution in [0.5, 0.6) is 0 Å². The summed E-state index contributed by atoms with van der Waals surface area (Å²) in [6.45, 7) is 11.9. The van der Waals surface area contributed by atoms with E-state index < -0.39 is 0 Å². The van der Waals surface area contributed by atoms with Crippen LogP contribution in [0.4, 0.5) is 0 Å². The van der Waals surface area contributed by atoms with E-state index in [1.54, 1.807) is 6.20 Å². The van der Waals surface area contributed by atoms with E-state index in [0.717, 1.165) is 43.9 Å². The second kappa shape index (κ2) is 5.56. The van der Waals surface area contributed by atoms with Gasteiger partial charge in [0.25, 0.3) is 5.91 Å². The van der Waals surface area contributed by atoms with Crippen LogP contribution >= 0.6 is 0 Å². The minimum Gasteiger partial charge on any atom is -0.336 e. The van der Waals surface area contributed by atoms with Crippen molar-refractivity contribution in [3.8, 4) is 0 Å². The third-order valence-electron chi connectivity index (χ3n) is 3.86. The van der Waals surface area contributed by atoms with Crippen molar-refractivity contribution in [1.82, 2.24) is 19.6 Å². The average Bonchev–Trinajstić information content (AvgIpc) is 2.82. The van der Waals surface area contributed by atoms with Gasteiger partial charge in [0.05, 0.1) is 23.0 Å². The zero-order valence-electron chi connectivity index (χ0n) is 13.3. The van der Waals surface area contributed by atoms with Crippen LogP contribution in [0, 0.1) is 0 Å². The number of aromatic nitrogens is 2. The van der Waals surface area contributed by atoms with Gasteiger partial charge in [-0.3, -0.25) is 9.48 Å². The first kappa shape index (κ1) is 15.0. The van der Waals surface area contributed by atoms with Crippen molar-refractivity contribution in [1.29, 1.82) is 0 Å². The molecule has 0 saturated carbocycles. The Morgan fingerprint density at radius 3 is 2.35 bits per heavy atom. The fourth-order valence-electron chi connectivity index (χ4n) is 2.65.